The minimum atomic E-state index is -0.312. The Bertz CT molecular complexity index is 843. The molecule has 1 unspecified atom stereocenters. The summed E-state index contributed by atoms with van der Waals surface area (Å²) in [5.74, 6) is 1.73. The molecule has 1 fully saturated rings. The molecule has 25 heavy (non-hydrogen) atoms. The molecule has 7 heteroatoms. The van der Waals surface area contributed by atoms with Gasteiger partial charge in [0, 0.05) is 45.6 Å². The Morgan fingerprint density at radius 2 is 2.00 bits per heavy atom. The van der Waals surface area contributed by atoms with Crippen molar-refractivity contribution in [2.45, 2.75) is 39.0 Å². The fourth-order valence-electron chi connectivity index (χ4n) is 3.21. The molecule has 2 aromatic rings. The van der Waals surface area contributed by atoms with Gasteiger partial charge in [-0.25, -0.2) is 4.79 Å². The highest BCUT2D eigenvalue weighted by Gasteiger charge is 2.21. The van der Waals surface area contributed by atoms with E-state index in [2.05, 4.69) is 4.90 Å². The van der Waals surface area contributed by atoms with Crippen molar-refractivity contribution < 1.29 is 9.15 Å². The van der Waals surface area contributed by atoms with Crippen LogP contribution < -0.4 is 11.2 Å². The van der Waals surface area contributed by atoms with Crippen molar-refractivity contribution in [2.24, 2.45) is 14.1 Å². The smallest absolute Gasteiger partial charge is 0.330 e. The highest BCUT2D eigenvalue weighted by atomic mass is 16.5. The first-order valence-electron chi connectivity index (χ1n) is 8.59. The molecule has 0 spiro atoms. The number of aromatic nitrogens is 2. The fraction of sp³-hybridized carbons (Fsp3) is 0.556. The molecular weight excluding hydrogens is 322 g/mol. The van der Waals surface area contributed by atoms with Gasteiger partial charge >= 0.3 is 5.69 Å². The maximum absolute atomic E-state index is 12.2. The Morgan fingerprint density at radius 1 is 1.20 bits per heavy atom. The Balaban J connectivity index is 1.83. The van der Waals surface area contributed by atoms with Crippen molar-refractivity contribution in [1.29, 1.82) is 0 Å². The largest absolute Gasteiger partial charge is 0.465 e. The van der Waals surface area contributed by atoms with Crippen molar-refractivity contribution in [1.82, 2.24) is 14.0 Å². The zero-order valence-corrected chi connectivity index (χ0v) is 15.0. The molecule has 3 rings (SSSR count). The average Bonchev–Trinajstić information content (AvgIpc) is 3.22. The molecule has 0 amide bonds. The van der Waals surface area contributed by atoms with Crippen LogP contribution in [-0.2, 0) is 31.9 Å². The number of aryl methyl sites for hydroxylation is 1. The van der Waals surface area contributed by atoms with Crippen LogP contribution in [0.25, 0.3) is 0 Å². The van der Waals surface area contributed by atoms with E-state index in [1.54, 1.807) is 7.05 Å². The van der Waals surface area contributed by atoms with Gasteiger partial charge in [-0.05, 0) is 31.9 Å². The van der Waals surface area contributed by atoms with E-state index < -0.39 is 0 Å². The summed E-state index contributed by atoms with van der Waals surface area (Å²) >= 11 is 0. The van der Waals surface area contributed by atoms with Gasteiger partial charge in [0.25, 0.3) is 5.56 Å². The maximum Gasteiger partial charge on any atom is 0.330 e. The lowest BCUT2D eigenvalue weighted by Gasteiger charge is -2.25. The lowest BCUT2D eigenvalue weighted by atomic mass is 10.2. The first kappa shape index (κ1) is 17.7. The van der Waals surface area contributed by atoms with Crippen LogP contribution in [0.15, 0.2) is 32.2 Å². The second kappa shape index (κ2) is 7.41. The summed E-state index contributed by atoms with van der Waals surface area (Å²) in [5.41, 5.74) is 0.0896. The minimum Gasteiger partial charge on any atom is -0.465 e. The fourth-order valence-corrected chi connectivity index (χ4v) is 3.21. The highest BCUT2D eigenvalue weighted by molar-refractivity contribution is 5.07. The Labute approximate surface area is 146 Å². The van der Waals surface area contributed by atoms with Crippen molar-refractivity contribution in [3.05, 3.63) is 56.3 Å². The van der Waals surface area contributed by atoms with Crippen LogP contribution in [0.2, 0.25) is 0 Å². The molecule has 0 aliphatic carbocycles. The van der Waals surface area contributed by atoms with Crippen molar-refractivity contribution >= 4 is 0 Å². The zero-order chi connectivity index (χ0) is 18.0. The molecule has 0 bridgehead atoms. The number of ether oxygens (including phenoxy) is 1. The third-order valence-electron chi connectivity index (χ3n) is 4.67. The van der Waals surface area contributed by atoms with Crippen molar-refractivity contribution in [3.63, 3.8) is 0 Å². The van der Waals surface area contributed by atoms with Crippen LogP contribution in [0.3, 0.4) is 0 Å². The number of hydrogen-bond donors (Lipinski definition) is 0. The molecule has 0 N–H and O–H groups in total. The van der Waals surface area contributed by atoms with Gasteiger partial charge in [-0.2, -0.15) is 0 Å². The van der Waals surface area contributed by atoms with Crippen LogP contribution in [0, 0.1) is 6.92 Å². The van der Waals surface area contributed by atoms with E-state index in [-0.39, 0.29) is 17.4 Å². The van der Waals surface area contributed by atoms with Gasteiger partial charge in [-0.15, -0.1) is 0 Å². The molecule has 0 aromatic carbocycles. The molecule has 0 radical (unpaired) electrons. The maximum atomic E-state index is 12.2. The lowest BCUT2D eigenvalue weighted by Crippen LogP contribution is -2.40. The molecule has 1 aliphatic heterocycles. The predicted octanol–water partition coefficient (Wildman–Crippen LogP) is 1.17. The SMILES string of the molecule is Cc1ccc(CN(Cc2cc(=O)n(C)c(=O)n2C)CC2CCCO2)o1. The molecule has 1 aliphatic rings. The molecule has 2 aromatic heterocycles. The van der Waals surface area contributed by atoms with Gasteiger partial charge in [0.05, 0.1) is 12.6 Å². The minimum absolute atomic E-state index is 0.180. The Morgan fingerprint density at radius 3 is 2.64 bits per heavy atom. The van der Waals surface area contributed by atoms with Crippen molar-refractivity contribution in [2.75, 3.05) is 13.2 Å². The first-order chi connectivity index (χ1) is 11.9. The number of hydrogen-bond acceptors (Lipinski definition) is 5. The normalized spacial score (nSPS) is 17.5. The van der Waals surface area contributed by atoms with Gasteiger partial charge in [0.15, 0.2) is 0 Å². The topological polar surface area (TPSA) is 69.6 Å². The first-order valence-corrected chi connectivity index (χ1v) is 8.59. The summed E-state index contributed by atoms with van der Waals surface area (Å²) in [6, 6.07) is 5.42. The summed E-state index contributed by atoms with van der Waals surface area (Å²) in [7, 11) is 3.18. The third kappa shape index (κ3) is 4.11. The van der Waals surface area contributed by atoms with Crippen LogP contribution in [-0.4, -0.2) is 33.3 Å². The van der Waals surface area contributed by atoms with E-state index in [0.717, 1.165) is 42.1 Å². The van der Waals surface area contributed by atoms with E-state index in [1.807, 2.05) is 19.1 Å². The monoisotopic (exact) mass is 347 g/mol. The molecule has 1 atom stereocenters. The Kier molecular flexibility index (Phi) is 5.24. The predicted molar refractivity (Wildman–Crippen MR) is 93.5 cm³/mol. The second-order valence-electron chi connectivity index (χ2n) is 6.69. The van der Waals surface area contributed by atoms with Crippen LogP contribution in [0.5, 0.6) is 0 Å². The summed E-state index contributed by atoms with van der Waals surface area (Å²) < 4.78 is 14.1. The van der Waals surface area contributed by atoms with Crippen LogP contribution in [0.1, 0.15) is 30.1 Å². The zero-order valence-electron chi connectivity index (χ0n) is 15.0. The van der Waals surface area contributed by atoms with Gasteiger partial charge in [-0.1, -0.05) is 0 Å². The summed E-state index contributed by atoms with van der Waals surface area (Å²) in [6.45, 7) is 4.54. The Hall–Kier alpha value is -2.12. The second-order valence-corrected chi connectivity index (χ2v) is 6.69. The van der Waals surface area contributed by atoms with Gasteiger partial charge in [0.2, 0.25) is 0 Å². The third-order valence-corrected chi connectivity index (χ3v) is 4.67. The summed E-state index contributed by atoms with van der Waals surface area (Å²) in [4.78, 5) is 26.3. The quantitative estimate of drug-likeness (QED) is 0.784. The number of rotatable bonds is 6. The molecule has 3 heterocycles. The van der Waals surface area contributed by atoms with E-state index in [0.29, 0.717) is 18.8 Å². The van der Waals surface area contributed by atoms with Gasteiger partial charge < -0.3 is 9.15 Å². The standard InChI is InChI=1S/C18H25N3O4/c1-13-6-7-16(25-13)12-21(11-15-5-4-8-24-15)10-14-9-17(22)20(3)18(23)19(14)2/h6-7,9,15H,4-5,8,10-12H2,1-3H3. The molecule has 1 saturated heterocycles. The van der Waals surface area contributed by atoms with Gasteiger partial charge in [-0.3, -0.25) is 18.8 Å². The lowest BCUT2D eigenvalue weighted by molar-refractivity contribution is 0.0644. The summed E-state index contributed by atoms with van der Waals surface area (Å²) in [5, 5.41) is 0. The number of furan rings is 1. The van der Waals surface area contributed by atoms with Gasteiger partial charge in [0.1, 0.15) is 11.5 Å². The molecular formula is C18H25N3O4. The molecule has 136 valence electrons. The van der Waals surface area contributed by atoms with Crippen LogP contribution in [0.4, 0.5) is 0 Å². The van der Waals surface area contributed by atoms with Crippen LogP contribution >= 0.6 is 0 Å². The van der Waals surface area contributed by atoms with E-state index in [1.165, 1.54) is 17.7 Å². The highest BCUT2D eigenvalue weighted by Crippen LogP contribution is 2.17. The average molecular weight is 347 g/mol. The van der Waals surface area contributed by atoms with E-state index in [4.69, 9.17) is 9.15 Å². The molecule has 0 saturated carbocycles. The number of nitrogens with zero attached hydrogens (tertiary/aromatic N) is 3. The summed E-state index contributed by atoms with van der Waals surface area (Å²) in [6.07, 6.45) is 2.28. The van der Waals surface area contributed by atoms with E-state index >= 15 is 0 Å². The van der Waals surface area contributed by atoms with E-state index in [9.17, 15) is 9.59 Å². The van der Waals surface area contributed by atoms with Crippen molar-refractivity contribution in [3.8, 4) is 0 Å². The molecule has 7 nitrogen and oxygen atoms in total.